The normalized spacial score (nSPS) is 11.6. The van der Waals surface area contributed by atoms with E-state index in [0.29, 0.717) is 11.1 Å². The number of anilines is 3. The van der Waals surface area contributed by atoms with Gasteiger partial charge in [-0.1, -0.05) is 123 Å². The van der Waals surface area contributed by atoms with Gasteiger partial charge in [-0.2, -0.15) is 10.5 Å². The average molecular weight is 618 g/mol. The van der Waals surface area contributed by atoms with Gasteiger partial charge in [0, 0.05) is 27.5 Å². The molecule has 230 valence electrons. The van der Waals surface area contributed by atoms with Crippen molar-refractivity contribution in [3.05, 3.63) is 161 Å². The lowest BCUT2D eigenvalue weighted by Gasteiger charge is -2.27. The van der Waals surface area contributed by atoms with E-state index in [1.54, 1.807) is 0 Å². The Bertz CT molecular complexity index is 2440. The molecular weight excluding hydrogens is 583 g/mol. The van der Waals surface area contributed by atoms with Gasteiger partial charge in [0.25, 0.3) is 0 Å². The van der Waals surface area contributed by atoms with E-state index in [0.717, 1.165) is 49.7 Å². The first-order valence-electron chi connectivity index (χ1n) is 16.2. The van der Waals surface area contributed by atoms with Crippen LogP contribution in [0.3, 0.4) is 0 Å². The van der Waals surface area contributed by atoms with E-state index < -0.39 is 0 Å². The highest BCUT2D eigenvalue weighted by Crippen LogP contribution is 2.39. The first-order valence-corrected chi connectivity index (χ1v) is 16.2. The molecule has 3 nitrogen and oxygen atoms in total. The lowest BCUT2D eigenvalue weighted by atomic mass is 9.83. The predicted octanol–water partition coefficient (Wildman–Crippen LogP) is 12.1. The molecule has 0 saturated carbocycles. The molecule has 0 aromatic heterocycles. The van der Waals surface area contributed by atoms with Crippen LogP contribution >= 0.6 is 0 Å². The predicted molar refractivity (Wildman–Crippen MR) is 202 cm³/mol. The molecule has 7 aromatic carbocycles. The standard InChI is InChI=1S/C45H35N3/c1-30-12-20-35(21-13-30)48(44-11-7-9-33-8-5-6-10-37(33)44)36-22-16-31(17-23-36)14-15-32-18-24-38-40(26-32)41-27-34(45(2,3)4)19-25-39(41)43(29-47)42(38)28-46/h5-27H,1-4H3. The van der Waals surface area contributed by atoms with Crippen LogP contribution in [0.25, 0.3) is 44.5 Å². The summed E-state index contributed by atoms with van der Waals surface area (Å²) < 4.78 is 0. The molecule has 3 heteroatoms. The summed E-state index contributed by atoms with van der Waals surface area (Å²) in [6, 6.07) is 49.3. The van der Waals surface area contributed by atoms with Crippen molar-refractivity contribution in [2.24, 2.45) is 0 Å². The molecule has 0 spiro atoms. The number of benzene rings is 7. The largest absolute Gasteiger partial charge is 0.310 e. The lowest BCUT2D eigenvalue weighted by Crippen LogP contribution is -2.10. The summed E-state index contributed by atoms with van der Waals surface area (Å²) in [5.74, 6) is 0. The van der Waals surface area contributed by atoms with E-state index in [9.17, 15) is 10.5 Å². The van der Waals surface area contributed by atoms with Crippen molar-refractivity contribution in [3.8, 4) is 12.1 Å². The molecule has 0 saturated heterocycles. The van der Waals surface area contributed by atoms with Crippen LogP contribution in [-0.4, -0.2) is 0 Å². The number of nitriles is 2. The third kappa shape index (κ3) is 5.57. The van der Waals surface area contributed by atoms with E-state index in [2.05, 4.69) is 166 Å². The molecule has 0 bridgehead atoms. The molecule has 7 rings (SSSR count). The van der Waals surface area contributed by atoms with Crippen molar-refractivity contribution >= 4 is 61.5 Å². The minimum Gasteiger partial charge on any atom is -0.310 e. The van der Waals surface area contributed by atoms with Crippen molar-refractivity contribution in [2.45, 2.75) is 33.1 Å². The summed E-state index contributed by atoms with van der Waals surface area (Å²) in [5.41, 5.74) is 8.66. The van der Waals surface area contributed by atoms with Gasteiger partial charge in [0.05, 0.1) is 16.8 Å². The van der Waals surface area contributed by atoms with Gasteiger partial charge in [0.15, 0.2) is 0 Å². The fraction of sp³-hybridized carbons (Fsp3) is 0.111. The topological polar surface area (TPSA) is 50.8 Å². The van der Waals surface area contributed by atoms with Crippen LogP contribution < -0.4 is 4.90 Å². The van der Waals surface area contributed by atoms with Gasteiger partial charge in [-0.15, -0.1) is 0 Å². The average Bonchev–Trinajstić information content (AvgIpc) is 3.11. The molecule has 0 radical (unpaired) electrons. The van der Waals surface area contributed by atoms with E-state index in [1.165, 1.54) is 21.9 Å². The van der Waals surface area contributed by atoms with E-state index in [1.807, 2.05) is 18.2 Å². The molecule has 48 heavy (non-hydrogen) atoms. The highest BCUT2D eigenvalue weighted by Gasteiger charge is 2.19. The minimum absolute atomic E-state index is 0.0481. The lowest BCUT2D eigenvalue weighted by molar-refractivity contribution is 0.591. The molecule has 0 N–H and O–H groups in total. The molecule has 0 heterocycles. The van der Waals surface area contributed by atoms with Crippen LogP contribution in [0.5, 0.6) is 0 Å². The Morgan fingerprint density at radius 3 is 1.77 bits per heavy atom. The van der Waals surface area contributed by atoms with Gasteiger partial charge in [0.2, 0.25) is 0 Å². The molecular formula is C45H35N3. The van der Waals surface area contributed by atoms with E-state index in [4.69, 9.17) is 0 Å². The van der Waals surface area contributed by atoms with Gasteiger partial charge in [-0.05, 0) is 87.7 Å². The van der Waals surface area contributed by atoms with E-state index in [-0.39, 0.29) is 5.41 Å². The number of fused-ring (bicyclic) bond motifs is 4. The SMILES string of the molecule is Cc1ccc(N(c2ccc(C=Cc3ccc4c(C#N)c(C#N)c5ccc(C(C)(C)C)cc5c4c3)cc2)c2cccc3ccccc23)cc1. The van der Waals surface area contributed by atoms with Crippen molar-refractivity contribution in [2.75, 3.05) is 4.90 Å². The first kappa shape index (κ1) is 30.5. The zero-order valence-corrected chi connectivity index (χ0v) is 27.6. The number of aryl methyl sites for hydroxylation is 1. The van der Waals surface area contributed by atoms with Crippen molar-refractivity contribution in [1.82, 2.24) is 0 Å². The van der Waals surface area contributed by atoms with Gasteiger partial charge in [-0.25, -0.2) is 0 Å². The fourth-order valence-electron chi connectivity index (χ4n) is 6.51. The Morgan fingerprint density at radius 1 is 0.542 bits per heavy atom. The van der Waals surface area contributed by atoms with Gasteiger partial charge < -0.3 is 4.90 Å². The van der Waals surface area contributed by atoms with Gasteiger partial charge >= 0.3 is 0 Å². The molecule has 0 unspecified atom stereocenters. The van der Waals surface area contributed by atoms with Crippen LogP contribution in [0.2, 0.25) is 0 Å². The molecule has 7 aromatic rings. The Labute approximate surface area is 282 Å². The summed E-state index contributed by atoms with van der Waals surface area (Å²) in [6.45, 7) is 8.67. The number of rotatable bonds is 5. The van der Waals surface area contributed by atoms with Gasteiger partial charge in [0.1, 0.15) is 12.1 Å². The first-order chi connectivity index (χ1) is 23.2. The summed E-state index contributed by atoms with van der Waals surface area (Å²) in [7, 11) is 0. The summed E-state index contributed by atoms with van der Waals surface area (Å²) in [6.07, 6.45) is 4.23. The van der Waals surface area contributed by atoms with Gasteiger partial charge in [-0.3, -0.25) is 0 Å². The molecule has 0 aliphatic rings. The Morgan fingerprint density at radius 2 is 1.10 bits per heavy atom. The minimum atomic E-state index is -0.0481. The van der Waals surface area contributed by atoms with Crippen LogP contribution in [0, 0.1) is 29.6 Å². The molecule has 0 fully saturated rings. The maximum absolute atomic E-state index is 10.1. The third-order valence-corrected chi connectivity index (χ3v) is 9.15. The van der Waals surface area contributed by atoms with E-state index >= 15 is 0 Å². The van der Waals surface area contributed by atoms with Crippen molar-refractivity contribution in [3.63, 3.8) is 0 Å². The second-order valence-electron chi connectivity index (χ2n) is 13.4. The molecule has 0 aliphatic carbocycles. The van der Waals surface area contributed by atoms with Crippen LogP contribution in [0.4, 0.5) is 17.1 Å². The van der Waals surface area contributed by atoms with Crippen LogP contribution in [-0.2, 0) is 5.41 Å². The third-order valence-electron chi connectivity index (χ3n) is 9.15. The maximum atomic E-state index is 10.1. The Kier molecular flexibility index (Phi) is 7.76. The molecule has 0 atom stereocenters. The number of hydrogen-bond donors (Lipinski definition) is 0. The monoisotopic (exact) mass is 617 g/mol. The highest BCUT2D eigenvalue weighted by molar-refractivity contribution is 6.13. The van der Waals surface area contributed by atoms with Crippen molar-refractivity contribution < 1.29 is 0 Å². The zero-order chi connectivity index (χ0) is 33.4. The molecule has 0 amide bonds. The Hall–Kier alpha value is -6.16. The summed E-state index contributed by atoms with van der Waals surface area (Å²) in [4.78, 5) is 2.32. The smallest absolute Gasteiger partial charge is 0.101 e. The summed E-state index contributed by atoms with van der Waals surface area (Å²) >= 11 is 0. The van der Waals surface area contributed by atoms with Crippen molar-refractivity contribution in [1.29, 1.82) is 10.5 Å². The quantitative estimate of drug-likeness (QED) is 0.143. The molecule has 0 aliphatic heterocycles. The second kappa shape index (κ2) is 12.2. The van der Waals surface area contributed by atoms with Crippen LogP contribution in [0.15, 0.2) is 127 Å². The number of nitrogens with zero attached hydrogens (tertiary/aromatic N) is 3. The maximum Gasteiger partial charge on any atom is 0.101 e. The highest BCUT2D eigenvalue weighted by atomic mass is 15.1. The zero-order valence-electron chi connectivity index (χ0n) is 27.6. The summed E-state index contributed by atoms with van der Waals surface area (Å²) in [5, 5.41) is 26.1. The van der Waals surface area contributed by atoms with Crippen LogP contribution in [0.1, 0.15) is 54.2 Å². The fourth-order valence-corrected chi connectivity index (χ4v) is 6.51. The Balaban J connectivity index is 1.28. The number of hydrogen-bond acceptors (Lipinski definition) is 3. The second-order valence-corrected chi connectivity index (χ2v) is 13.4.